The average molecular weight is 446 g/mol. The molecule has 2 heterocycles. The van der Waals surface area contributed by atoms with Crippen molar-refractivity contribution in [3.8, 4) is 0 Å². The van der Waals surface area contributed by atoms with Crippen molar-refractivity contribution in [1.29, 1.82) is 0 Å². The smallest absolute Gasteiger partial charge is 0.259 e. The topological polar surface area (TPSA) is 74.8 Å². The van der Waals surface area contributed by atoms with Gasteiger partial charge in [0.1, 0.15) is 10.7 Å². The predicted molar refractivity (Wildman–Crippen MR) is 113 cm³/mol. The second-order valence-corrected chi connectivity index (χ2v) is 8.85. The third-order valence-corrected chi connectivity index (χ3v) is 6.98. The molecule has 7 heteroatoms. The normalized spacial score (nSPS) is 13.6. The van der Waals surface area contributed by atoms with E-state index in [-0.39, 0.29) is 17.9 Å². The van der Waals surface area contributed by atoms with Gasteiger partial charge in [-0.25, -0.2) is 4.98 Å². The van der Waals surface area contributed by atoms with E-state index in [1.807, 2.05) is 25.1 Å². The number of anilines is 1. The summed E-state index contributed by atoms with van der Waals surface area (Å²) in [6.45, 7) is 1.98. The Hall–Kier alpha value is -1.99. The molecule has 5 nitrogen and oxygen atoms in total. The molecule has 1 aromatic carbocycles. The molecule has 0 saturated heterocycles. The van der Waals surface area contributed by atoms with Crippen LogP contribution in [-0.2, 0) is 24.1 Å². The summed E-state index contributed by atoms with van der Waals surface area (Å²) in [5, 5.41) is 3.65. The predicted octanol–water partition coefficient (Wildman–Crippen LogP) is 4.51. The van der Waals surface area contributed by atoms with Crippen LogP contribution in [-0.4, -0.2) is 15.9 Å². The quantitative estimate of drug-likeness (QED) is 0.620. The number of rotatable bonds is 4. The third-order valence-electron chi connectivity index (χ3n) is 4.90. The lowest BCUT2D eigenvalue weighted by atomic mass is 9.97. The van der Waals surface area contributed by atoms with E-state index in [1.54, 1.807) is 11.3 Å². The number of halogens is 1. The number of aromatic amines is 1. The highest BCUT2D eigenvalue weighted by Crippen LogP contribution is 2.33. The number of nitrogens with zero attached hydrogens (tertiary/aromatic N) is 1. The fourth-order valence-electron chi connectivity index (χ4n) is 3.50. The second kappa shape index (κ2) is 7.56. The first kappa shape index (κ1) is 18.4. The van der Waals surface area contributed by atoms with Crippen LogP contribution >= 0.6 is 27.3 Å². The summed E-state index contributed by atoms with van der Waals surface area (Å²) in [6.07, 6.45) is 5.01. The molecule has 0 bridgehead atoms. The number of carbonyl (C=O) groups is 1. The van der Waals surface area contributed by atoms with Crippen LogP contribution < -0.4 is 10.9 Å². The molecule has 0 aliphatic heterocycles. The van der Waals surface area contributed by atoms with Gasteiger partial charge in [0.2, 0.25) is 5.91 Å². The minimum atomic E-state index is -0.0926. The zero-order valence-corrected chi connectivity index (χ0v) is 17.4. The lowest BCUT2D eigenvalue weighted by Gasteiger charge is -2.09. The van der Waals surface area contributed by atoms with E-state index in [9.17, 15) is 9.59 Å². The highest BCUT2D eigenvalue weighted by molar-refractivity contribution is 9.10. The number of hydrogen-bond donors (Lipinski definition) is 2. The van der Waals surface area contributed by atoms with Crippen molar-refractivity contribution in [2.75, 3.05) is 5.32 Å². The maximum atomic E-state index is 12.5. The van der Waals surface area contributed by atoms with Crippen LogP contribution in [0.1, 0.15) is 41.1 Å². The molecule has 0 radical (unpaired) electrons. The first-order valence-corrected chi connectivity index (χ1v) is 10.7. The fourth-order valence-corrected chi connectivity index (χ4v) is 5.03. The van der Waals surface area contributed by atoms with Gasteiger partial charge in [-0.3, -0.25) is 9.59 Å². The fraction of sp³-hybridized carbons (Fsp3) is 0.350. The zero-order valence-electron chi connectivity index (χ0n) is 15.0. The standard InChI is InChI=1S/C20H20BrN3O2S/c1-11-10-12(6-7-14(11)21)22-17(25)9-8-16-23-19(26)18-13-4-2-3-5-15(13)27-20(18)24-16/h6-7,10H,2-5,8-9H2,1H3,(H,22,25)(H,23,24,26). The Kier molecular flexibility index (Phi) is 5.14. The molecular formula is C20H20BrN3O2S. The number of hydrogen-bond acceptors (Lipinski definition) is 4. The Balaban J connectivity index is 1.48. The van der Waals surface area contributed by atoms with Gasteiger partial charge in [0.15, 0.2) is 0 Å². The highest BCUT2D eigenvalue weighted by Gasteiger charge is 2.19. The number of thiophene rings is 1. The molecule has 2 N–H and O–H groups in total. The van der Waals surface area contributed by atoms with Crippen molar-refractivity contribution in [2.45, 2.75) is 45.4 Å². The SMILES string of the molecule is Cc1cc(NC(=O)CCc2nc3sc4c(c3c(=O)[nH]2)CCCC4)ccc1Br. The molecule has 1 aliphatic carbocycles. The molecule has 140 valence electrons. The highest BCUT2D eigenvalue weighted by atomic mass is 79.9. The van der Waals surface area contributed by atoms with Crippen LogP contribution in [0.2, 0.25) is 0 Å². The van der Waals surface area contributed by atoms with Gasteiger partial charge >= 0.3 is 0 Å². The first-order chi connectivity index (χ1) is 13.0. The molecule has 27 heavy (non-hydrogen) atoms. The van der Waals surface area contributed by atoms with E-state index in [0.717, 1.165) is 45.2 Å². The van der Waals surface area contributed by atoms with E-state index in [2.05, 4.69) is 31.2 Å². The number of benzene rings is 1. The van der Waals surface area contributed by atoms with Crippen LogP contribution in [0.5, 0.6) is 0 Å². The maximum absolute atomic E-state index is 12.5. The molecule has 0 saturated carbocycles. The van der Waals surface area contributed by atoms with Crippen molar-refractivity contribution in [1.82, 2.24) is 9.97 Å². The molecule has 0 atom stereocenters. The van der Waals surface area contributed by atoms with Crippen molar-refractivity contribution in [2.24, 2.45) is 0 Å². The second-order valence-electron chi connectivity index (χ2n) is 6.92. The maximum Gasteiger partial charge on any atom is 0.259 e. The number of fused-ring (bicyclic) bond motifs is 3. The van der Waals surface area contributed by atoms with Gasteiger partial charge in [-0.05, 0) is 61.9 Å². The number of aromatic nitrogens is 2. The van der Waals surface area contributed by atoms with E-state index in [4.69, 9.17) is 0 Å². The molecule has 0 fully saturated rings. The van der Waals surface area contributed by atoms with Crippen LogP contribution in [0.3, 0.4) is 0 Å². The lowest BCUT2D eigenvalue weighted by Crippen LogP contribution is -2.16. The minimum Gasteiger partial charge on any atom is -0.326 e. The van der Waals surface area contributed by atoms with E-state index in [1.165, 1.54) is 16.9 Å². The van der Waals surface area contributed by atoms with Gasteiger partial charge in [0, 0.05) is 27.9 Å². The zero-order chi connectivity index (χ0) is 19.0. The summed E-state index contributed by atoms with van der Waals surface area (Å²) in [4.78, 5) is 34.4. The number of carbonyl (C=O) groups excluding carboxylic acids is 1. The Morgan fingerprint density at radius 3 is 2.96 bits per heavy atom. The monoisotopic (exact) mass is 445 g/mol. The Labute approximate surface area is 169 Å². The van der Waals surface area contributed by atoms with Gasteiger partial charge in [-0.2, -0.15) is 0 Å². The van der Waals surface area contributed by atoms with E-state index < -0.39 is 0 Å². The third kappa shape index (κ3) is 3.84. The molecule has 4 rings (SSSR count). The Bertz CT molecular complexity index is 1090. The van der Waals surface area contributed by atoms with Gasteiger partial charge in [0.25, 0.3) is 5.56 Å². The van der Waals surface area contributed by atoms with Crippen molar-refractivity contribution in [3.05, 3.63) is 54.9 Å². The molecular weight excluding hydrogens is 426 g/mol. The van der Waals surface area contributed by atoms with Crippen LogP contribution in [0.15, 0.2) is 27.5 Å². The summed E-state index contributed by atoms with van der Waals surface area (Å²) in [6, 6.07) is 5.69. The molecule has 0 spiro atoms. The minimum absolute atomic E-state index is 0.0710. The van der Waals surface area contributed by atoms with Gasteiger partial charge in [0.05, 0.1) is 5.39 Å². The number of H-pyrrole nitrogens is 1. The lowest BCUT2D eigenvalue weighted by molar-refractivity contribution is -0.116. The van der Waals surface area contributed by atoms with Gasteiger partial charge in [-0.15, -0.1) is 11.3 Å². The van der Waals surface area contributed by atoms with Crippen molar-refractivity contribution in [3.63, 3.8) is 0 Å². The molecule has 2 aromatic heterocycles. The van der Waals surface area contributed by atoms with Crippen LogP contribution in [0, 0.1) is 6.92 Å². The first-order valence-electron chi connectivity index (χ1n) is 9.10. The van der Waals surface area contributed by atoms with Crippen LogP contribution in [0.25, 0.3) is 10.2 Å². The van der Waals surface area contributed by atoms with Gasteiger partial charge < -0.3 is 10.3 Å². The number of amides is 1. The number of aryl methyl sites for hydroxylation is 4. The largest absolute Gasteiger partial charge is 0.326 e. The molecule has 0 unspecified atom stereocenters. The summed E-state index contributed by atoms with van der Waals surface area (Å²) in [5.74, 6) is 0.484. The van der Waals surface area contributed by atoms with Crippen molar-refractivity contribution < 1.29 is 4.79 Å². The summed E-state index contributed by atoms with van der Waals surface area (Å²) < 4.78 is 1.01. The van der Waals surface area contributed by atoms with Crippen molar-refractivity contribution >= 4 is 49.1 Å². The van der Waals surface area contributed by atoms with Gasteiger partial charge in [-0.1, -0.05) is 15.9 Å². The average Bonchev–Trinajstić information content (AvgIpc) is 3.02. The summed E-state index contributed by atoms with van der Waals surface area (Å²) >= 11 is 5.08. The molecule has 3 aromatic rings. The van der Waals surface area contributed by atoms with E-state index in [0.29, 0.717) is 12.2 Å². The summed E-state index contributed by atoms with van der Waals surface area (Å²) in [7, 11) is 0. The van der Waals surface area contributed by atoms with E-state index >= 15 is 0 Å². The number of nitrogens with one attached hydrogen (secondary N) is 2. The Morgan fingerprint density at radius 1 is 1.33 bits per heavy atom. The molecule has 1 amide bonds. The Morgan fingerprint density at radius 2 is 2.15 bits per heavy atom. The summed E-state index contributed by atoms with van der Waals surface area (Å²) in [5.41, 5.74) is 2.94. The molecule has 1 aliphatic rings. The van der Waals surface area contributed by atoms with Crippen LogP contribution in [0.4, 0.5) is 5.69 Å².